The molecule has 1 saturated heterocycles. The highest BCUT2D eigenvalue weighted by molar-refractivity contribution is 9.10. The van der Waals surface area contributed by atoms with E-state index in [4.69, 9.17) is 4.74 Å². The van der Waals surface area contributed by atoms with Gasteiger partial charge in [-0.25, -0.2) is 0 Å². The Labute approximate surface area is 132 Å². The number of rotatable bonds is 3. The van der Waals surface area contributed by atoms with Crippen LogP contribution in [-0.2, 0) is 9.59 Å². The fourth-order valence-corrected chi connectivity index (χ4v) is 3.23. The second kappa shape index (κ2) is 6.47. The Morgan fingerprint density at radius 3 is 2.81 bits per heavy atom. The van der Waals surface area contributed by atoms with Gasteiger partial charge >= 0.3 is 5.97 Å². The largest absolute Gasteiger partial charge is 0.496 e. The van der Waals surface area contributed by atoms with Gasteiger partial charge in [-0.2, -0.15) is 0 Å². The van der Waals surface area contributed by atoms with Gasteiger partial charge in [-0.05, 0) is 31.0 Å². The van der Waals surface area contributed by atoms with Crippen molar-refractivity contribution in [1.82, 2.24) is 4.90 Å². The number of hydrogen-bond donors (Lipinski definition) is 1. The average Bonchev–Trinajstić information content (AvgIpc) is 2.59. The second-order valence-electron chi connectivity index (χ2n) is 5.17. The van der Waals surface area contributed by atoms with Crippen molar-refractivity contribution in [1.29, 1.82) is 0 Å². The number of carboxylic acid groups (broad SMARTS) is 1. The maximum atomic E-state index is 12.1. The Kier molecular flexibility index (Phi) is 4.88. The maximum Gasteiger partial charge on any atom is 0.308 e. The van der Waals surface area contributed by atoms with Gasteiger partial charge in [0.15, 0.2) is 0 Å². The van der Waals surface area contributed by atoms with Crippen LogP contribution >= 0.6 is 15.9 Å². The number of nitrogens with zero attached hydrogens (tertiary/aromatic N) is 1. The van der Waals surface area contributed by atoms with E-state index in [9.17, 15) is 14.7 Å². The standard InChI is InChI=1S/C15H18BrNO4/c1-17-13(18)5-3-4-10(15(19)20)14(17)11-8-9(16)6-7-12(11)21-2/h6-8,10,14H,3-5H2,1-2H3,(H,19,20). The molecule has 0 saturated carbocycles. The van der Waals surface area contributed by atoms with Crippen LogP contribution in [0.4, 0.5) is 0 Å². The predicted octanol–water partition coefficient (Wildman–Crippen LogP) is 2.84. The van der Waals surface area contributed by atoms with Gasteiger partial charge < -0.3 is 14.7 Å². The first kappa shape index (κ1) is 15.8. The molecule has 1 amide bonds. The number of likely N-dealkylation sites (tertiary alicyclic amines) is 1. The molecule has 2 atom stereocenters. The van der Waals surface area contributed by atoms with Crippen LogP contribution in [0.2, 0.25) is 0 Å². The monoisotopic (exact) mass is 355 g/mol. The molecule has 1 aromatic carbocycles. The third kappa shape index (κ3) is 3.20. The van der Waals surface area contributed by atoms with Gasteiger partial charge in [0.05, 0.1) is 19.1 Å². The smallest absolute Gasteiger partial charge is 0.308 e. The quantitative estimate of drug-likeness (QED) is 0.905. The molecule has 0 aromatic heterocycles. The summed E-state index contributed by atoms with van der Waals surface area (Å²) in [4.78, 5) is 25.3. The number of benzene rings is 1. The van der Waals surface area contributed by atoms with E-state index >= 15 is 0 Å². The summed E-state index contributed by atoms with van der Waals surface area (Å²) >= 11 is 3.40. The molecule has 21 heavy (non-hydrogen) atoms. The first-order valence-corrected chi connectivity index (χ1v) is 7.57. The number of aliphatic carboxylic acids is 1. The van der Waals surface area contributed by atoms with Gasteiger partial charge in [-0.3, -0.25) is 9.59 Å². The molecule has 1 N–H and O–H groups in total. The van der Waals surface area contributed by atoms with Crippen molar-refractivity contribution in [2.75, 3.05) is 14.2 Å². The number of ether oxygens (including phenoxy) is 1. The van der Waals surface area contributed by atoms with E-state index in [2.05, 4.69) is 15.9 Å². The topological polar surface area (TPSA) is 66.8 Å². The minimum atomic E-state index is -0.886. The van der Waals surface area contributed by atoms with E-state index in [1.807, 2.05) is 12.1 Å². The molecule has 1 aliphatic rings. The summed E-state index contributed by atoms with van der Waals surface area (Å²) in [5.74, 6) is -0.963. The van der Waals surface area contributed by atoms with Crippen molar-refractivity contribution in [2.24, 2.45) is 5.92 Å². The SMILES string of the molecule is COc1ccc(Br)cc1C1C(C(=O)O)CCCC(=O)N1C. The zero-order chi connectivity index (χ0) is 15.6. The summed E-state index contributed by atoms with van der Waals surface area (Å²) in [5.41, 5.74) is 0.719. The highest BCUT2D eigenvalue weighted by atomic mass is 79.9. The number of hydrogen-bond acceptors (Lipinski definition) is 3. The molecular weight excluding hydrogens is 338 g/mol. The lowest BCUT2D eigenvalue weighted by atomic mass is 9.89. The molecule has 0 radical (unpaired) electrons. The summed E-state index contributed by atoms with van der Waals surface area (Å²) < 4.78 is 6.18. The minimum absolute atomic E-state index is 0.0363. The molecule has 114 valence electrons. The molecule has 1 fully saturated rings. The summed E-state index contributed by atoms with van der Waals surface area (Å²) in [6, 6.07) is 4.91. The molecule has 1 aromatic rings. The lowest BCUT2D eigenvalue weighted by Crippen LogP contribution is -2.36. The van der Waals surface area contributed by atoms with E-state index in [-0.39, 0.29) is 5.91 Å². The lowest BCUT2D eigenvalue weighted by Gasteiger charge is -2.31. The van der Waals surface area contributed by atoms with Gasteiger partial charge in [0.1, 0.15) is 5.75 Å². The van der Waals surface area contributed by atoms with Crippen molar-refractivity contribution in [3.63, 3.8) is 0 Å². The maximum absolute atomic E-state index is 12.1. The highest BCUT2D eigenvalue weighted by Gasteiger charge is 2.38. The van der Waals surface area contributed by atoms with Crippen molar-refractivity contribution < 1.29 is 19.4 Å². The number of carbonyl (C=O) groups is 2. The fourth-order valence-electron chi connectivity index (χ4n) is 2.85. The fraction of sp³-hybridized carbons (Fsp3) is 0.467. The Morgan fingerprint density at radius 2 is 2.19 bits per heavy atom. The molecule has 1 aliphatic heterocycles. The van der Waals surface area contributed by atoms with Crippen molar-refractivity contribution in [3.8, 4) is 5.75 Å². The summed E-state index contributed by atoms with van der Waals surface area (Å²) in [6.07, 6.45) is 1.45. The zero-order valence-corrected chi connectivity index (χ0v) is 13.6. The normalized spacial score (nSPS) is 22.8. The Morgan fingerprint density at radius 1 is 1.48 bits per heavy atom. The third-order valence-electron chi connectivity index (χ3n) is 3.93. The second-order valence-corrected chi connectivity index (χ2v) is 6.09. The van der Waals surface area contributed by atoms with Crippen molar-refractivity contribution in [2.45, 2.75) is 25.3 Å². The number of amides is 1. The van der Waals surface area contributed by atoms with Gasteiger partial charge in [0, 0.05) is 23.5 Å². The average molecular weight is 356 g/mol. The summed E-state index contributed by atoms with van der Waals surface area (Å²) in [6.45, 7) is 0. The lowest BCUT2D eigenvalue weighted by molar-refractivity contribution is -0.145. The minimum Gasteiger partial charge on any atom is -0.496 e. The molecule has 2 unspecified atom stereocenters. The molecule has 0 spiro atoms. The van der Waals surface area contributed by atoms with Crippen LogP contribution in [0.5, 0.6) is 5.75 Å². The van der Waals surface area contributed by atoms with Crippen LogP contribution in [0, 0.1) is 5.92 Å². The highest BCUT2D eigenvalue weighted by Crippen LogP contribution is 2.40. The summed E-state index contributed by atoms with van der Waals surface area (Å²) in [5, 5.41) is 9.54. The first-order valence-electron chi connectivity index (χ1n) is 6.77. The van der Waals surface area contributed by atoms with Gasteiger partial charge in [0.2, 0.25) is 5.91 Å². The number of halogens is 1. The molecule has 5 nitrogen and oxygen atoms in total. The molecule has 2 rings (SSSR count). The number of carboxylic acids is 1. The van der Waals surface area contributed by atoms with Gasteiger partial charge in [-0.15, -0.1) is 0 Å². The van der Waals surface area contributed by atoms with Crippen LogP contribution < -0.4 is 4.74 Å². The van der Waals surface area contributed by atoms with E-state index in [1.54, 1.807) is 20.2 Å². The molecule has 6 heteroatoms. The van der Waals surface area contributed by atoms with Crippen LogP contribution in [0.15, 0.2) is 22.7 Å². The predicted molar refractivity (Wildman–Crippen MR) is 81.2 cm³/mol. The molecule has 1 heterocycles. The Bertz CT molecular complexity index is 561. The molecular formula is C15H18BrNO4. The van der Waals surface area contributed by atoms with Crippen molar-refractivity contribution >= 4 is 27.8 Å². The van der Waals surface area contributed by atoms with Crippen LogP contribution in [0.1, 0.15) is 30.9 Å². The summed E-state index contributed by atoms with van der Waals surface area (Å²) in [7, 11) is 3.20. The Hall–Kier alpha value is -1.56. The number of carbonyl (C=O) groups excluding carboxylic acids is 1. The van der Waals surface area contributed by atoms with E-state index in [0.717, 1.165) is 10.0 Å². The van der Waals surface area contributed by atoms with Crippen LogP contribution in [-0.4, -0.2) is 36.0 Å². The van der Waals surface area contributed by atoms with Gasteiger partial charge in [-0.1, -0.05) is 15.9 Å². The van der Waals surface area contributed by atoms with E-state index in [1.165, 1.54) is 4.90 Å². The molecule has 0 aliphatic carbocycles. The zero-order valence-electron chi connectivity index (χ0n) is 12.0. The Balaban J connectivity index is 2.55. The van der Waals surface area contributed by atoms with Crippen LogP contribution in [0.3, 0.4) is 0 Å². The number of methoxy groups -OCH3 is 1. The van der Waals surface area contributed by atoms with Gasteiger partial charge in [0.25, 0.3) is 0 Å². The molecule has 0 bridgehead atoms. The van der Waals surface area contributed by atoms with Crippen molar-refractivity contribution in [3.05, 3.63) is 28.2 Å². The first-order chi connectivity index (χ1) is 9.95. The van der Waals surface area contributed by atoms with Crippen LogP contribution in [0.25, 0.3) is 0 Å². The van der Waals surface area contributed by atoms with E-state index in [0.29, 0.717) is 25.0 Å². The van der Waals surface area contributed by atoms with E-state index < -0.39 is 17.9 Å². The third-order valence-corrected chi connectivity index (χ3v) is 4.42.